The summed E-state index contributed by atoms with van der Waals surface area (Å²) in [6, 6.07) is 10.7. The number of hydrogen-bond donors (Lipinski definition) is 1. The molecule has 6 heteroatoms. The summed E-state index contributed by atoms with van der Waals surface area (Å²) in [6.45, 7) is 0. The fourth-order valence-electron chi connectivity index (χ4n) is 2.91. The minimum atomic E-state index is 0.372. The lowest BCUT2D eigenvalue weighted by atomic mass is 9.94. The minimum absolute atomic E-state index is 0.372. The summed E-state index contributed by atoms with van der Waals surface area (Å²) in [6.07, 6.45) is 2.33. The summed E-state index contributed by atoms with van der Waals surface area (Å²) in [5, 5.41) is 0. The maximum Gasteiger partial charge on any atom is 0.203 e. The number of anilines is 1. The molecule has 0 saturated carbocycles. The third-order valence-electron chi connectivity index (χ3n) is 4.12. The highest BCUT2D eigenvalue weighted by molar-refractivity contribution is 5.97. The van der Waals surface area contributed by atoms with Crippen LogP contribution in [0.5, 0.6) is 17.2 Å². The molecule has 2 aromatic carbocycles. The number of carbonyl (C=O) groups is 1. The molecule has 0 aliphatic carbocycles. The van der Waals surface area contributed by atoms with Gasteiger partial charge < -0.3 is 24.4 Å². The second-order valence-corrected chi connectivity index (χ2v) is 5.51. The lowest BCUT2D eigenvalue weighted by Crippen LogP contribution is -2.02. The molecule has 0 aliphatic heterocycles. The van der Waals surface area contributed by atoms with Gasteiger partial charge in [0.05, 0.1) is 27.6 Å². The van der Waals surface area contributed by atoms with Gasteiger partial charge in [0.25, 0.3) is 0 Å². The van der Waals surface area contributed by atoms with E-state index in [-0.39, 0.29) is 0 Å². The number of carbonyl (C=O) groups excluding carboxylic acids is 1. The fraction of sp³-hybridized carbons (Fsp3) is 0.150. The SMILES string of the molecule is COc1cc(C=O)c(-c2cc(-c3ccco3)ccc2N)c(OC)c1OC. The standard InChI is InChI=1S/C20H19NO5/c1-23-17-10-13(11-22)18(20(25-3)19(17)24-2)14-9-12(6-7-15(14)21)16-5-4-8-26-16/h4-11H,21H2,1-3H3. The number of hydrogen-bond acceptors (Lipinski definition) is 6. The Kier molecular flexibility index (Phi) is 4.84. The number of ether oxygens (including phenoxy) is 3. The molecule has 0 saturated heterocycles. The van der Waals surface area contributed by atoms with Crippen molar-refractivity contribution in [3.05, 3.63) is 48.2 Å². The van der Waals surface area contributed by atoms with Gasteiger partial charge >= 0.3 is 0 Å². The smallest absolute Gasteiger partial charge is 0.203 e. The van der Waals surface area contributed by atoms with Gasteiger partial charge in [0.1, 0.15) is 5.76 Å². The van der Waals surface area contributed by atoms with Crippen molar-refractivity contribution in [3.8, 4) is 39.7 Å². The first-order valence-corrected chi connectivity index (χ1v) is 7.86. The van der Waals surface area contributed by atoms with Crippen molar-refractivity contribution in [2.75, 3.05) is 27.1 Å². The van der Waals surface area contributed by atoms with E-state index in [0.29, 0.717) is 45.4 Å². The maximum absolute atomic E-state index is 11.8. The average molecular weight is 353 g/mol. The predicted octanol–water partition coefficient (Wildman–Crippen LogP) is 4.03. The van der Waals surface area contributed by atoms with E-state index in [4.69, 9.17) is 24.4 Å². The highest BCUT2D eigenvalue weighted by Crippen LogP contribution is 2.48. The molecule has 26 heavy (non-hydrogen) atoms. The number of rotatable bonds is 6. The van der Waals surface area contributed by atoms with Gasteiger partial charge in [0, 0.05) is 27.9 Å². The minimum Gasteiger partial charge on any atom is -0.493 e. The van der Waals surface area contributed by atoms with E-state index < -0.39 is 0 Å². The van der Waals surface area contributed by atoms with Crippen LogP contribution >= 0.6 is 0 Å². The Morgan fingerprint density at radius 3 is 2.35 bits per heavy atom. The van der Waals surface area contributed by atoms with Crippen molar-refractivity contribution in [2.24, 2.45) is 0 Å². The van der Waals surface area contributed by atoms with Crippen molar-refractivity contribution in [1.82, 2.24) is 0 Å². The van der Waals surface area contributed by atoms with E-state index in [9.17, 15) is 4.79 Å². The lowest BCUT2D eigenvalue weighted by Gasteiger charge is -2.19. The van der Waals surface area contributed by atoms with Gasteiger partial charge in [-0.2, -0.15) is 0 Å². The second kappa shape index (κ2) is 7.23. The van der Waals surface area contributed by atoms with Gasteiger partial charge in [-0.3, -0.25) is 4.79 Å². The number of benzene rings is 2. The van der Waals surface area contributed by atoms with Crippen LogP contribution in [0.1, 0.15) is 10.4 Å². The first-order valence-electron chi connectivity index (χ1n) is 7.86. The Labute approximate surface area is 151 Å². The average Bonchev–Trinajstić information content (AvgIpc) is 3.21. The van der Waals surface area contributed by atoms with Crippen molar-refractivity contribution in [2.45, 2.75) is 0 Å². The molecule has 0 bridgehead atoms. The van der Waals surface area contributed by atoms with Crippen LogP contribution in [0.2, 0.25) is 0 Å². The number of nitrogen functional groups attached to an aromatic ring is 1. The van der Waals surface area contributed by atoms with E-state index in [1.807, 2.05) is 18.2 Å². The summed E-state index contributed by atoms with van der Waals surface area (Å²) in [5.41, 5.74) is 9.08. The van der Waals surface area contributed by atoms with E-state index in [2.05, 4.69) is 0 Å². The van der Waals surface area contributed by atoms with Crippen LogP contribution in [-0.2, 0) is 0 Å². The quantitative estimate of drug-likeness (QED) is 0.532. The molecule has 0 fully saturated rings. The van der Waals surface area contributed by atoms with Crippen LogP contribution in [0.4, 0.5) is 5.69 Å². The molecule has 1 aromatic heterocycles. The van der Waals surface area contributed by atoms with Gasteiger partial charge in [0.15, 0.2) is 17.8 Å². The number of methoxy groups -OCH3 is 3. The zero-order chi connectivity index (χ0) is 18.7. The van der Waals surface area contributed by atoms with Gasteiger partial charge in [-0.05, 0) is 36.4 Å². The molecule has 3 aromatic rings. The summed E-state index contributed by atoms with van der Waals surface area (Å²) >= 11 is 0. The first kappa shape index (κ1) is 17.4. The third-order valence-corrected chi connectivity index (χ3v) is 4.12. The normalized spacial score (nSPS) is 10.4. The lowest BCUT2D eigenvalue weighted by molar-refractivity contribution is 0.112. The van der Waals surface area contributed by atoms with Crippen LogP contribution in [0, 0.1) is 0 Å². The summed E-state index contributed by atoms with van der Waals surface area (Å²) in [5.74, 6) is 1.85. The predicted molar refractivity (Wildman–Crippen MR) is 99.0 cm³/mol. The van der Waals surface area contributed by atoms with Gasteiger partial charge in [0.2, 0.25) is 5.75 Å². The Hall–Kier alpha value is -3.41. The van der Waals surface area contributed by atoms with Crippen LogP contribution in [0.3, 0.4) is 0 Å². The Morgan fingerprint density at radius 2 is 1.77 bits per heavy atom. The second-order valence-electron chi connectivity index (χ2n) is 5.51. The maximum atomic E-state index is 11.8. The number of nitrogens with two attached hydrogens (primary N) is 1. The Bertz CT molecular complexity index is 932. The largest absolute Gasteiger partial charge is 0.493 e. The van der Waals surface area contributed by atoms with Crippen molar-refractivity contribution in [1.29, 1.82) is 0 Å². The Balaban J connectivity index is 2.32. The van der Waals surface area contributed by atoms with Crippen LogP contribution in [0.15, 0.2) is 47.1 Å². The summed E-state index contributed by atoms with van der Waals surface area (Å²) < 4.78 is 21.8. The molecular formula is C20H19NO5. The van der Waals surface area contributed by atoms with Crippen molar-refractivity contribution < 1.29 is 23.4 Å². The number of furan rings is 1. The molecule has 0 amide bonds. The molecule has 2 N–H and O–H groups in total. The van der Waals surface area contributed by atoms with E-state index >= 15 is 0 Å². The van der Waals surface area contributed by atoms with Gasteiger partial charge in [-0.15, -0.1) is 0 Å². The number of aldehydes is 1. The molecular weight excluding hydrogens is 334 g/mol. The highest BCUT2D eigenvalue weighted by atomic mass is 16.5. The Morgan fingerprint density at radius 1 is 1.00 bits per heavy atom. The van der Waals surface area contributed by atoms with Crippen LogP contribution in [-0.4, -0.2) is 27.6 Å². The molecule has 134 valence electrons. The van der Waals surface area contributed by atoms with Crippen LogP contribution in [0.25, 0.3) is 22.5 Å². The summed E-state index contributed by atoms with van der Waals surface area (Å²) in [4.78, 5) is 11.8. The third kappa shape index (κ3) is 2.86. The first-order chi connectivity index (χ1) is 12.6. The van der Waals surface area contributed by atoms with Crippen molar-refractivity contribution >= 4 is 12.0 Å². The molecule has 1 heterocycles. The molecule has 3 rings (SSSR count). The zero-order valence-corrected chi connectivity index (χ0v) is 14.7. The molecule has 0 atom stereocenters. The zero-order valence-electron chi connectivity index (χ0n) is 14.7. The van der Waals surface area contributed by atoms with Crippen molar-refractivity contribution in [3.63, 3.8) is 0 Å². The fourth-order valence-corrected chi connectivity index (χ4v) is 2.91. The van der Waals surface area contributed by atoms with E-state index in [1.165, 1.54) is 21.3 Å². The van der Waals surface area contributed by atoms with Gasteiger partial charge in [-0.25, -0.2) is 0 Å². The van der Waals surface area contributed by atoms with Crippen LogP contribution < -0.4 is 19.9 Å². The topological polar surface area (TPSA) is 83.9 Å². The summed E-state index contributed by atoms with van der Waals surface area (Å²) in [7, 11) is 4.51. The van der Waals surface area contributed by atoms with E-state index in [1.54, 1.807) is 24.5 Å². The molecule has 0 radical (unpaired) electrons. The molecule has 0 unspecified atom stereocenters. The monoisotopic (exact) mass is 353 g/mol. The molecule has 6 nitrogen and oxygen atoms in total. The molecule has 0 aliphatic rings. The van der Waals surface area contributed by atoms with E-state index in [0.717, 1.165) is 11.8 Å². The van der Waals surface area contributed by atoms with Gasteiger partial charge in [-0.1, -0.05) is 0 Å². The molecule has 0 spiro atoms. The highest BCUT2D eigenvalue weighted by Gasteiger charge is 2.23.